The molecule has 2 aromatic carbocycles. The summed E-state index contributed by atoms with van der Waals surface area (Å²) in [7, 11) is 0. The molecule has 0 aliphatic heterocycles. The molecule has 0 aliphatic carbocycles. The van der Waals surface area contributed by atoms with Gasteiger partial charge in [-0.3, -0.25) is 0 Å². The lowest BCUT2D eigenvalue weighted by molar-refractivity contribution is 1.24. The van der Waals surface area contributed by atoms with E-state index in [2.05, 4.69) is 79.6 Å². The third-order valence-electron chi connectivity index (χ3n) is 3.75. The van der Waals surface area contributed by atoms with E-state index in [0.717, 1.165) is 6.42 Å². The topological polar surface area (TPSA) is 15.8 Å². The molecule has 0 amide bonds. The molecule has 0 saturated carbocycles. The zero-order valence-corrected chi connectivity index (χ0v) is 12.0. The van der Waals surface area contributed by atoms with Gasteiger partial charge in [0.25, 0.3) is 0 Å². The minimum atomic E-state index is 1.03. The van der Waals surface area contributed by atoms with Gasteiger partial charge in [-0.1, -0.05) is 55.0 Å². The Morgan fingerprint density at radius 1 is 1.05 bits per heavy atom. The number of hydrogen-bond donors (Lipinski definition) is 1. The second-order valence-corrected chi connectivity index (χ2v) is 5.18. The summed E-state index contributed by atoms with van der Waals surface area (Å²) in [5.74, 6) is 0. The monoisotopic (exact) mass is 261 g/mol. The number of aryl methyl sites for hydroxylation is 1. The number of rotatable bonds is 3. The molecule has 1 heteroatoms. The largest absolute Gasteiger partial charge is 0.361 e. The molecule has 0 spiro atoms. The third-order valence-corrected chi connectivity index (χ3v) is 3.75. The molecule has 20 heavy (non-hydrogen) atoms. The zero-order valence-electron chi connectivity index (χ0n) is 12.0. The molecule has 0 bridgehead atoms. The smallest absolute Gasteiger partial charge is 0.0460 e. The Morgan fingerprint density at radius 3 is 2.55 bits per heavy atom. The quantitative estimate of drug-likeness (QED) is 0.647. The number of aromatic amines is 1. The third kappa shape index (κ3) is 2.39. The van der Waals surface area contributed by atoms with Crippen molar-refractivity contribution in [1.82, 2.24) is 4.98 Å². The Morgan fingerprint density at radius 2 is 1.80 bits per heavy atom. The van der Waals surface area contributed by atoms with Crippen molar-refractivity contribution in [3.63, 3.8) is 0 Å². The maximum absolute atomic E-state index is 3.33. The van der Waals surface area contributed by atoms with Crippen molar-refractivity contribution in [1.29, 1.82) is 0 Å². The van der Waals surface area contributed by atoms with Crippen LogP contribution in [0.4, 0.5) is 0 Å². The molecule has 1 heterocycles. The van der Waals surface area contributed by atoms with Crippen LogP contribution < -0.4 is 0 Å². The molecule has 0 saturated heterocycles. The molecule has 1 nitrogen and oxygen atoms in total. The van der Waals surface area contributed by atoms with Gasteiger partial charge in [-0.05, 0) is 36.6 Å². The predicted octanol–water partition coefficient (Wildman–Crippen LogP) is 5.43. The summed E-state index contributed by atoms with van der Waals surface area (Å²) in [6.45, 7) is 4.33. The van der Waals surface area contributed by atoms with Crippen molar-refractivity contribution in [2.75, 3.05) is 0 Å². The van der Waals surface area contributed by atoms with Gasteiger partial charge in [0.15, 0.2) is 0 Å². The van der Waals surface area contributed by atoms with Crippen molar-refractivity contribution < 1.29 is 0 Å². The number of hydrogen-bond acceptors (Lipinski definition) is 0. The summed E-state index contributed by atoms with van der Waals surface area (Å²) < 4.78 is 0. The molecule has 0 radical (unpaired) electrons. The first-order chi connectivity index (χ1) is 9.78. The van der Waals surface area contributed by atoms with E-state index < -0.39 is 0 Å². The number of fused-ring (bicyclic) bond motifs is 1. The fourth-order valence-electron chi connectivity index (χ4n) is 2.56. The van der Waals surface area contributed by atoms with Crippen LogP contribution in [-0.2, 0) is 0 Å². The summed E-state index contributed by atoms with van der Waals surface area (Å²) in [5.41, 5.74) is 6.44. The van der Waals surface area contributed by atoms with Gasteiger partial charge in [0.1, 0.15) is 0 Å². The minimum absolute atomic E-state index is 1.03. The van der Waals surface area contributed by atoms with Gasteiger partial charge in [-0.15, -0.1) is 0 Å². The predicted molar refractivity (Wildman–Crippen MR) is 87.6 cm³/mol. The normalized spacial score (nSPS) is 12.0. The number of H-pyrrole nitrogens is 1. The standard InChI is InChI=1S/C19H19N/c1-3-15(16-10-8-14(2)9-11-16)12-17-13-20-19-7-5-4-6-18(17)19/h4-13,20H,3H2,1-2H3. The molecule has 0 unspecified atom stereocenters. The fourth-order valence-corrected chi connectivity index (χ4v) is 2.56. The van der Waals surface area contributed by atoms with E-state index in [0.29, 0.717) is 0 Å². The highest BCUT2D eigenvalue weighted by atomic mass is 14.7. The number of nitrogens with one attached hydrogen (secondary N) is 1. The highest BCUT2D eigenvalue weighted by Crippen LogP contribution is 2.26. The van der Waals surface area contributed by atoms with Crippen LogP contribution in [0.3, 0.4) is 0 Å². The molecule has 1 N–H and O–H groups in total. The number of benzene rings is 2. The first-order valence-electron chi connectivity index (χ1n) is 7.11. The average Bonchev–Trinajstić information content (AvgIpc) is 2.89. The van der Waals surface area contributed by atoms with Gasteiger partial charge in [0, 0.05) is 22.7 Å². The van der Waals surface area contributed by atoms with E-state index in [1.807, 2.05) is 0 Å². The van der Waals surface area contributed by atoms with Gasteiger partial charge < -0.3 is 4.98 Å². The lowest BCUT2D eigenvalue weighted by Crippen LogP contribution is -1.83. The Hall–Kier alpha value is -2.28. The minimum Gasteiger partial charge on any atom is -0.361 e. The van der Waals surface area contributed by atoms with E-state index in [9.17, 15) is 0 Å². The van der Waals surface area contributed by atoms with Crippen LogP contribution in [-0.4, -0.2) is 4.98 Å². The van der Waals surface area contributed by atoms with Gasteiger partial charge in [0.2, 0.25) is 0 Å². The molecule has 3 aromatic rings. The van der Waals surface area contributed by atoms with Crippen molar-refractivity contribution in [2.45, 2.75) is 20.3 Å². The lowest BCUT2D eigenvalue weighted by atomic mass is 9.99. The van der Waals surface area contributed by atoms with Crippen LogP contribution in [0, 0.1) is 6.92 Å². The van der Waals surface area contributed by atoms with Gasteiger partial charge in [-0.2, -0.15) is 0 Å². The Balaban J connectivity index is 2.06. The molecule has 100 valence electrons. The molecule has 1 aromatic heterocycles. The summed E-state index contributed by atoms with van der Waals surface area (Å²) in [6, 6.07) is 17.2. The summed E-state index contributed by atoms with van der Waals surface area (Å²) in [5, 5.41) is 1.28. The number of allylic oxidation sites excluding steroid dienone is 1. The zero-order chi connectivity index (χ0) is 13.9. The number of para-hydroxylation sites is 1. The first kappa shape index (κ1) is 12.7. The Bertz CT molecular complexity index is 745. The summed E-state index contributed by atoms with van der Waals surface area (Å²) in [4.78, 5) is 3.33. The van der Waals surface area contributed by atoms with E-state index in [4.69, 9.17) is 0 Å². The lowest BCUT2D eigenvalue weighted by Gasteiger charge is -2.05. The van der Waals surface area contributed by atoms with Gasteiger partial charge in [-0.25, -0.2) is 0 Å². The van der Waals surface area contributed by atoms with Gasteiger partial charge in [0.05, 0.1) is 0 Å². The van der Waals surface area contributed by atoms with Gasteiger partial charge >= 0.3 is 0 Å². The highest BCUT2D eigenvalue weighted by Gasteiger charge is 2.03. The van der Waals surface area contributed by atoms with Crippen molar-refractivity contribution in [3.05, 3.63) is 71.4 Å². The van der Waals surface area contributed by atoms with E-state index in [-0.39, 0.29) is 0 Å². The maximum atomic E-state index is 3.33. The maximum Gasteiger partial charge on any atom is 0.0460 e. The van der Waals surface area contributed by atoms with Crippen molar-refractivity contribution >= 4 is 22.6 Å². The molecule has 3 rings (SSSR count). The van der Waals surface area contributed by atoms with Crippen LogP contribution in [0.25, 0.3) is 22.6 Å². The molecule has 0 atom stereocenters. The first-order valence-corrected chi connectivity index (χ1v) is 7.11. The average molecular weight is 261 g/mol. The van der Waals surface area contributed by atoms with E-state index >= 15 is 0 Å². The molecular formula is C19H19N. The molecule has 0 aliphatic rings. The van der Waals surface area contributed by atoms with Crippen LogP contribution in [0.5, 0.6) is 0 Å². The van der Waals surface area contributed by atoms with Crippen LogP contribution in [0.15, 0.2) is 54.7 Å². The molecular weight excluding hydrogens is 242 g/mol. The van der Waals surface area contributed by atoms with E-state index in [1.165, 1.54) is 33.2 Å². The van der Waals surface area contributed by atoms with E-state index in [1.54, 1.807) is 0 Å². The van der Waals surface area contributed by atoms with Crippen LogP contribution in [0.1, 0.15) is 30.0 Å². The number of aromatic nitrogens is 1. The van der Waals surface area contributed by atoms with Crippen LogP contribution in [0.2, 0.25) is 0 Å². The van der Waals surface area contributed by atoms with Crippen molar-refractivity contribution in [2.24, 2.45) is 0 Å². The highest BCUT2D eigenvalue weighted by molar-refractivity contribution is 5.94. The van der Waals surface area contributed by atoms with Crippen molar-refractivity contribution in [3.8, 4) is 0 Å². The summed E-state index contributed by atoms with van der Waals surface area (Å²) >= 11 is 0. The Labute approximate surface area is 120 Å². The van der Waals surface area contributed by atoms with Crippen LogP contribution >= 0.6 is 0 Å². The second kappa shape index (κ2) is 5.38. The molecule has 0 fully saturated rings. The SMILES string of the molecule is CCC(=Cc1c[nH]c2ccccc12)c1ccc(C)cc1. The fraction of sp³-hybridized carbons (Fsp3) is 0.158. The summed E-state index contributed by atoms with van der Waals surface area (Å²) in [6.07, 6.45) is 5.42. The second-order valence-electron chi connectivity index (χ2n) is 5.18. The Kier molecular flexibility index (Phi) is 3.42.